The predicted octanol–water partition coefficient (Wildman–Crippen LogP) is 10.3. The summed E-state index contributed by atoms with van der Waals surface area (Å²) in [6.07, 6.45) is 0. The first-order chi connectivity index (χ1) is 21.1. The molecule has 0 saturated heterocycles. The first-order valence-electron chi connectivity index (χ1n) is 14.5. The van der Waals surface area contributed by atoms with E-state index < -0.39 is 0 Å². The minimum Gasteiger partial charge on any atom is -0.455 e. The van der Waals surface area contributed by atoms with Crippen LogP contribution in [0.1, 0.15) is 25.0 Å². The van der Waals surface area contributed by atoms with Crippen molar-refractivity contribution in [1.82, 2.24) is 15.0 Å². The van der Waals surface area contributed by atoms with Gasteiger partial charge >= 0.3 is 0 Å². The molecule has 0 amide bonds. The molecule has 204 valence electrons. The molecule has 9 rings (SSSR count). The van der Waals surface area contributed by atoms with Gasteiger partial charge in [0.1, 0.15) is 11.2 Å². The molecule has 0 unspecified atom stereocenters. The van der Waals surface area contributed by atoms with Crippen molar-refractivity contribution in [3.63, 3.8) is 0 Å². The summed E-state index contributed by atoms with van der Waals surface area (Å²) in [4.78, 5) is 16.5. The third kappa shape index (κ3) is 3.58. The van der Waals surface area contributed by atoms with Crippen molar-refractivity contribution in [1.29, 1.82) is 0 Å². The average molecular weight is 572 g/mol. The van der Waals surface area contributed by atoms with Crippen molar-refractivity contribution >= 4 is 43.4 Å². The Morgan fingerprint density at radius 3 is 2.14 bits per heavy atom. The van der Waals surface area contributed by atoms with Gasteiger partial charge in [0.2, 0.25) is 0 Å². The topological polar surface area (TPSA) is 51.8 Å². The van der Waals surface area contributed by atoms with Crippen molar-refractivity contribution in [3.05, 3.63) is 126 Å². The van der Waals surface area contributed by atoms with Gasteiger partial charge in [-0.3, -0.25) is 0 Å². The fourth-order valence-corrected chi connectivity index (χ4v) is 7.68. The summed E-state index contributed by atoms with van der Waals surface area (Å²) in [7, 11) is 0. The van der Waals surface area contributed by atoms with Crippen molar-refractivity contribution in [2.45, 2.75) is 19.3 Å². The number of furan rings is 1. The van der Waals surface area contributed by atoms with Gasteiger partial charge in [-0.15, -0.1) is 11.3 Å². The lowest BCUT2D eigenvalue weighted by molar-refractivity contribution is 0.660. The maximum absolute atomic E-state index is 6.43. The van der Waals surface area contributed by atoms with Crippen LogP contribution in [0, 0.1) is 0 Å². The van der Waals surface area contributed by atoms with E-state index in [1.807, 2.05) is 24.3 Å². The molecule has 3 aromatic heterocycles. The van der Waals surface area contributed by atoms with Crippen LogP contribution in [0.3, 0.4) is 0 Å². The van der Waals surface area contributed by atoms with Gasteiger partial charge in [0.15, 0.2) is 17.5 Å². The van der Waals surface area contributed by atoms with Crippen molar-refractivity contribution < 1.29 is 4.42 Å². The first kappa shape index (κ1) is 24.5. The highest BCUT2D eigenvalue weighted by atomic mass is 32.1. The number of aromatic nitrogens is 3. The second kappa shape index (κ2) is 8.93. The Balaban J connectivity index is 1.34. The Morgan fingerprint density at radius 1 is 0.581 bits per heavy atom. The molecule has 0 aliphatic heterocycles. The monoisotopic (exact) mass is 571 g/mol. The lowest BCUT2D eigenvalue weighted by Gasteiger charge is -2.21. The molecule has 4 nitrogen and oxygen atoms in total. The molecule has 0 fully saturated rings. The summed E-state index contributed by atoms with van der Waals surface area (Å²) < 4.78 is 7.63. The van der Waals surface area contributed by atoms with Gasteiger partial charge in [-0.25, -0.2) is 15.0 Å². The van der Waals surface area contributed by atoms with Crippen molar-refractivity contribution in [2.75, 3.05) is 0 Å². The Hall–Kier alpha value is -5.13. The number of para-hydroxylation sites is 2. The van der Waals surface area contributed by atoms with Gasteiger partial charge in [0.05, 0.1) is 10.4 Å². The number of fused-ring (bicyclic) bond motifs is 7. The second-order valence-corrected chi connectivity index (χ2v) is 12.7. The summed E-state index contributed by atoms with van der Waals surface area (Å²) in [5.41, 5.74) is 8.43. The number of thiophene rings is 1. The molecule has 43 heavy (non-hydrogen) atoms. The van der Waals surface area contributed by atoms with Crippen LogP contribution in [0.2, 0.25) is 0 Å². The normalized spacial score (nSPS) is 13.5. The lowest BCUT2D eigenvalue weighted by Crippen LogP contribution is -2.14. The molecular formula is C38H25N3OS. The Labute approximate surface area is 252 Å². The molecule has 8 aromatic rings. The summed E-state index contributed by atoms with van der Waals surface area (Å²) in [5.74, 6) is 1.93. The van der Waals surface area contributed by atoms with E-state index in [4.69, 9.17) is 19.4 Å². The smallest absolute Gasteiger partial charge is 0.174 e. The molecule has 1 aliphatic carbocycles. The predicted molar refractivity (Wildman–Crippen MR) is 176 cm³/mol. The van der Waals surface area contributed by atoms with E-state index in [9.17, 15) is 0 Å². The van der Waals surface area contributed by atoms with E-state index in [2.05, 4.69) is 105 Å². The third-order valence-electron chi connectivity index (χ3n) is 8.77. The largest absolute Gasteiger partial charge is 0.455 e. The highest BCUT2D eigenvalue weighted by Gasteiger charge is 2.37. The average Bonchev–Trinajstić information content (AvgIpc) is 3.72. The quantitative estimate of drug-likeness (QED) is 0.212. The van der Waals surface area contributed by atoms with Gasteiger partial charge in [-0.1, -0.05) is 105 Å². The maximum atomic E-state index is 6.43. The molecular weight excluding hydrogens is 547 g/mol. The van der Waals surface area contributed by atoms with Gasteiger partial charge < -0.3 is 4.42 Å². The SMILES string of the molecule is CC1(C)c2ccccc2-c2c(-c3nc(-c4cc5ccccc5s4)nc(-c4cccc5c4oc4ccccc45)n3)cccc21. The standard InChI is InChI=1S/C38H25N3OS/c1-38(2)28-17-6-4-13-25(28)33-26(15-10-18-29(33)38)35-39-36(41-37(40-35)32-21-22-11-3-8-20-31(22)43-32)27-16-9-14-24-23-12-5-7-19-30(23)42-34(24)27/h3-21H,1-2H3. The highest BCUT2D eigenvalue weighted by Crippen LogP contribution is 2.51. The Morgan fingerprint density at radius 2 is 1.23 bits per heavy atom. The van der Waals surface area contributed by atoms with Gasteiger partial charge in [-0.2, -0.15) is 0 Å². The maximum Gasteiger partial charge on any atom is 0.174 e. The first-order valence-corrected chi connectivity index (χ1v) is 15.3. The van der Waals surface area contributed by atoms with E-state index in [1.54, 1.807) is 11.3 Å². The number of nitrogens with zero attached hydrogens (tertiary/aromatic N) is 3. The Kier molecular flexibility index (Phi) is 5.08. The van der Waals surface area contributed by atoms with Gasteiger partial charge in [0.25, 0.3) is 0 Å². The van der Waals surface area contributed by atoms with Crippen molar-refractivity contribution in [2.24, 2.45) is 0 Å². The van der Waals surface area contributed by atoms with Gasteiger partial charge in [-0.05, 0) is 51.9 Å². The molecule has 1 aliphatic rings. The van der Waals surface area contributed by atoms with Crippen LogP contribution in [-0.4, -0.2) is 15.0 Å². The molecule has 0 saturated carbocycles. The minimum atomic E-state index is -0.119. The lowest BCUT2D eigenvalue weighted by atomic mass is 9.82. The Bertz CT molecular complexity index is 2360. The highest BCUT2D eigenvalue weighted by molar-refractivity contribution is 7.22. The fourth-order valence-electron chi connectivity index (χ4n) is 6.68. The molecule has 5 heteroatoms. The van der Waals surface area contributed by atoms with Crippen LogP contribution in [-0.2, 0) is 5.41 Å². The number of hydrogen-bond donors (Lipinski definition) is 0. The molecule has 0 radical (unpaired) electrons. The van der Waals surface area contributed by atoms with Crippen LogP contribution < -0.4 is 0 Å². The van der Waals surface area contributed by atoms with Crippen LogP contribution in [0.4, 0.5) is 0 Å². The number of benzene rings is 5. The zero-order valence-electron chi connectivity index (χ0n) is 23.6. The molecule has 0 atom stereocenters. The van der Waals surface area contributed by atoms with Crippen LogP contribution in [0.15, 0.2) is 120 Å². The van der Waals surface area contributed by atoms with E-state index in [0.29, 0.717) is 17.5 Å². The molecule has 0 spiro atoms. The van der Waals surface area contributed by atoms with Crippen LogP contribution in [0.25, 0.3) is 76.6 Å². The van der Waals surface area contributed by atoms with Crippen molar-refractivity contribution in [3.8, 4) is 44.6 Å². The van der Waals surface area contributed by atoms with Gasteiger partial charge in [0, 0.05) is 26.5 Å². The zero-order chi connectivity index (χ0) is 28.7. The fraction of sp³-hybridized carbons (Fsp3) is 0.0789. The molecule has 0 N–H and O–H groups in total. The zero-order valence-corrected chi connectivity index (χ0v) is 24.4. The van der Waals surface area contributed by atoms with Crippen LogP contribution in [0.5, 0.6) is 0 Å². The summed E-state index contributed by atoms with van der Waals surface area (Å²) in [5, 5.41) is 3.31. The molecule has 3 heterocycles. The second-order valence-electron chi connectivity index (χ2n) is 11.6. The molecule has 5 aromatic carbocycles. The van der Waals surface area contributed by atoms with E-state index in [0.717, 1.165) is 37.9 Å². The molecule has 0 bridgehead atoms. The van der Waals surface area contributed by atoms with E-state index in [-0.39, 0.29) is 5.41 Å². The summed E-state index contributed by atoms with van der Waals surface area (Å²) >= 11 is 1.70. The third-order valence-corrected chi connectivity index (χ3v) is 9.89. The summed E-state index contributed by atoms with van der Waals surface area (Å²) in [6, 6.07) is 40.2. The van der Waals surface area contributed by atoms with Crippen LogP contribution >= 0.6 is 11.3 Å². The number of hydrogen-bond acceptors (Lipinski definition) is 5. The minimum absolute atomic E-state index is 0.119. The van der Waals surface area contributed by atoms with E-state index >= 15 is 0 Å². The van der Waals surface area contributed by atoms with E-state index in [1.165, 1.54) is 32.3 Å². The number of rotatable bonds is 3. The summed E-state index contributed by atoms with van der Waals surface area (Å²) in [6.45, 7) is 4.59.